The topological polar surface area (TPSA) is 67.8 Å². The Morgan fingerprint density at radius 1 is 1.39 bits per heavy atom. The van der Waals surface area contributed by atoms with Crippen LogP contribution in [-0.2, 0) is 4.79 Å². The van der Waals surface area contributed by atoms with E-state index < -0.39 is 0 Å². The number of aliphatic hydroxyl groups excluding tert-OH is 1. The van der Waals surface area contributed by atoms with Gasteiger partial charge in [-0.15, -0.1) is 0 Å². The molecule has 0 aliphatic rings. The van der Waals surface area contributed by atoms with Crippen LogP contribution in [-0.4, -0.2) is 37.9 Å². The van der Waals surface area contributed by atoms with E-state index in [9.17, 15) is 4.79 Å². The molecule has 1 amide bonds. The molecule has 5 heteroatoms. The third-order valence-electron chi connectivity index (χ3n) is 2.39. The summed E-state index contributed by atoms with van der Waals surface area (Å²) < 4.78 is 10.5. The van der Waals surface area contributed by atoms with Crippen molar-refractivity contribution in [3.8, 4) is 11.5 Å². The number of benzene rings is 1. The van der Waals surface area contributed by atoms with E-state index in [1.807, 2.05) is 19.1 Å². The fraction of sp³-hybridized carbons (Fsp3) is 0.462. The maximum Gasteiger partial charge on any atom is 0.257 e. The number of carbonyl (C=O) groups is 1. The van der Waals surface area contributed by atoms with Gasteiger partial charge in [-0.2, -0.15) is 0 Å². The summed E-state index contributed by atoms with van der Waals surface area (Å²) in [5.41, 5.74) is 0. The van der Waals surface area contributed by atoms with Crippen LogP contribution in [0.1, 0.15) is 6.92 Å². The van der Waals surface area contributed by atoms with Crippen LogP contribution in [0, 0.1) is 5.92 Å². The highest BCUT2D eigenvalue weighted by Crippen LogP contribution is 2.25. The number of hydrogen-bond acceptors (Lipinski definition) is 4. The van der Waals surface area contributed by atoms with E-state index in [2.05, 4.69) is 5.32 Å². The molecule has 1 atom stereocenters. The number of amides is 1. The van der Waals surface area contributed by atoms with Crippen LogP contribution in [0.2, 0.25) is 0 Å². The molecule has 18 heavy (non-hydrogen) atoms. The highest BCUT2D eigenvalue weighted by molar-refractivity contribution is 5.77. The van der Waals surface area contributed by atoms with Gasteiger partial charge >= 0.3 is 0 Å². The van der Waals surface area contributed by atoms with Crippen molar-refractivity contribution in [3.63, 3.8) is 0 Å². The normalized spacial score (nSPS) is 11.7. The van der Waals surface area contributed by atoms with Crippen LogP contribution in [0.15, 0.2) is 24.3 Å². The van der Waals surface area contributed by atoms with Crippen molar-refractivity contribution in [2.75, 3.05) is 26.9 Å². The van der Waals surface area contributed by atoms with Crippen molar-refractivity contribution in [1.29, 1.82) is 0 Å². The predicted molar refractivity (Wildman–Crippen MR) is 67.7 cm³/mol. The molecule has 100 valence electrons. The van der Waals surface area contributed by atoms with Crippen LogP contribution in [0.3, 0.4) is 0 Å². The Labute approximate surface area is 107 Å². The number of para-hydroxylation sites is 2. The van der Waals surface area contributed by atoms with Gasteiger partial charge in [-0.1, -0.05) is 19.1 Å². The van der Waals surface area contributed by atoms with Crippen molar-refractivity contribution in [1.82, 2.24) is 5.32 Å². The summed E-state index contributed by atoms with van der Waals surface area (Å²) in [6.07, 6.45) is 0. The van der Waals surface area contributed by atoms with Gasteiger partial charge in [0.1, 0.15) is 0 Å². The highest BCUT2D eigenvalue weighted by atomic mass is 16.5. The maximum absolute atomic E-state index is 11.5. The van der Waals surface area contributed by atoms with E-state index in [0.717, 1.165) is 0 Å². The van der Waals surface area contributed by atoms with E-state index in [1.165, 1.54) is 0 Å². The predicted octanol–water partition coefficient (Wildman–Crippen LogP) is 0.819. The molecule has 5 nitrogen and oxygen atoms in total. The quantitative estimate of drug-likeness (QED) is 0.755. The summed E-state index contributed by atoms with van der Waals surface area (Å²) in [5, 5.41) is 11.5. The summed E-state index contributed by atoms with van der Waals surface area (Å²) in [6, 6.07) is 7.14. The minimum absolute atomic E-state index is 0.0419. The lowest BCUT2D eigenvalue weighted by Crippen LogP contribution is -2.33. The summed E-state index contributed by atoms with van der Waals surface area (Å²) in [4.78, 5) is 11.5. The molecule has 0 bridgehead atoms. The molecule has 0 spiro atoms. The number of aliphatic hydroxyl groups is 1. The van der Waals surface area contributed by atoms with Crippen molar-refractivity contribution in [2.24, 2.45) is 5.92 Å². The molecule has 0 fully saturated rings. The average Bonchev–Trinajstić information content (AvgIpc) is 2.42. The lowest BCUT2D eigenvalue weighted by molar-refractivity contribution is -0.123. The van der Waals surface area contributed by atoms with Gasteiger partial charge in [0.2, 0.25) is 0 Å². The molecule has 0 aliphatic heterocycles. The van der Waals surface area contributed by atoms with Gasteiger partial charge < -0.3 is 19.9 Å². The highest BCUT2D eigenvalue weighted by Gasteiger charge is 2.07. The van der Waals surface area contributed by atoms with E-state index in [1.54, 1.807) is 19.2 Å². The molecule has 1 unspecified atom stereocenters. The molecule has 0 saturated carbocycles. The number of methoxy groups -OCH3 is 1. The summed E-state index contributed by atoms with van der Waals surface area (Å²) in [5.74, 6) is 0.945. The van der Waals surface area contributed by atoms with Crippen molar-refractivity contribution in [3.05, 3.63) is 24.3 Å². The first-order valence-corrected chi connectivity index (χ1v) is 5.80. The summed E-state index contributed by atoms with van der Waals surface area (Å²) in [6.45, 7) is 2.26. The Morgan fingerprint density at radius 2 is 2.06 bits per heavy atom. The molecule has 0 aromatic heterocycles. The van der Waals surface area contributed by atoms with Gasteiger partial charge in [-0.05, 0) is 18.1 Å². The van der Waals surface area contributed by atoms with Gasteiger partial charge in [0.05, 0.1) is 7.11 Å². The van der Waals surface area contributed by atoms with Gasteiger partial charge in [-0.3, -0.25) is 4.79 Å². The first kappa shape index (κ1) is 14.3. The van der Waals surface area contributed by atoms with E-state index in [0.29, 0.717) is 18.0 Å². The zero-order valence-electron chi connectivity index (χ0n) is 10.7. The number of rotatable bonds is 7. The maximum atomic E-state index is 11.5. The fourth-order valence-corrected chi connectivity index (χ4v) is 1.28. The van der Waals surface area contributed by atoms with Gasteiger partial charge in [0.25, 0.3) is 5.91 Å². The van der Waals surface area contributed by atoms with E-state index in [-0.39, 0.29) is 25.0 Å². The second-order valence-corrected chi connectivity index (χ2v) is 4.03. The summed E-state index contributed by atoms with van der Waals surface area (Å²) >= 11 is 0. The molecule has 0 saturated heterocycles. The molecule has 0 radical (unpaired) electrons. The SMILES string of the molecule is COc1ccccc1OCC(=O)NCC(C)CO. The number of ether oxygens (including phenoxy) is 2. The number of nitrogens with one attached hydrogen (secondary N) is 1. The zero-order valence-corrected chi connectivity index (χ0v) is 10.7. The van der Waals surface area contributed by atoms with Crippen molar-refractivity contribution < 1.29 is 19.4 Å². The van der Waals surface area contributed by atoms with Crippen LogP contribution in [0.25, 0.3) is 0 Å². The molecular weight excluding hydrogens is 234 g/mol. The largest absolute Gasteiger partial charge is 0.493 e. The molecule has 1 aromatic rings. The Hall–Kier alpha value is -1.75. The first-order chi connectivity index (χ1) is 8.67. The zero-order chi connectivity index (χ0) is 13.4. The number of carbonyl (C=O) groups excluding carboxylic acids is 1. The second kappa shape index (κ2) is 7.55. The molecule has 0 aliphatic carbocycles. The average molecular weight is 253 g/mol. The summed E-state index contributed by atoms with van der Waals surface area (Å²) in [7, 11) is 1.55. The van der Waals surface area contributed by atoms with Crippen molar-refractivity contribution >= 4 is 5.91 Å². The van der Waals surface area contributed by atoms with E-state index >= 15 is 0 Å². The molecule has 0 heterocycles. The fourth-order valence-electron chi connectivity index (χ4n) is 1.28. The minimum Gasteiger partial charge on any atom is -0.493 e. The molecule has 1 aromatic carbocycles. The third kappa shape index (κ3) is 4.63. The number of hydrogen-bond donors (Lipinski definition) is 2. The Morgan fingerprint density at radius 3 is 2.67 bits per heavy atom. The van der Waals surface area contributed by atoms with Crippen LogP contribution in [0.5, 0.6) is 11.5 Å². The Kier molecular flexibility index (Phi) is 6.00. The van der Waals surface area contributed by atoms with Crippen molar-refractivity contribution in [2.45, 2.75) is 6.92 Å². The molecular formula is C13H19NO4. The van der Waals surface area contributed by atoms with Gasteiger partial charge in [0.15, 0.2) is 18.1 Å². The minimum atomic E-state index is -0.221. The monoisotopic (exact) mass is 253 g/mol. The smallest absolute Gasteiger partial charge is 0.257 e. The van der Waals surface area contributed by atoms with Crippen LogP contribution >= 0.6 is 0 Å². The second-order valence-electron chi connectivity index (χ2n) is 4.03. The lowest BCUT2D eigenvalue weighted by Gasteiger charge is -2.12. The third-order valence-corrected chi connectivity index (χ3v) is 2.39. The molecule has 1 rings (SSSR count). The first-order valence-electron chi connectivity index (χ1n) is 5.80. The molecule has 2 N–H and O–H groups in total. The Bertz CT molecular complexity index is 381. The van der Waals surface area contributed by atoms with E-state index in [4.69, 9.17) is 14.6 Å². The van der Waals surface area contributed by atoms with Gasteiger partial charge in [0, 0.05) is 13.2 Å². The standard InChI is InChI=1S/C13H19NO4/c1-10(8-15)7-14-13(16)9-18-12-6-4-3-5-11(12)17-2/h3-6,10,15H,7-9H2,1-2H3,(H,14,16). The van der Waals surface area contributed by atoms with Crippen LogP contribution < -0.4 is 14.8 Å². The van der Waals surface area contributed by atoms with Crippen LogP contribution in [0.4, 0.5) is 0 Å². The lowest BCUT2D eigenvalue weighted by atomic mass is 10.2. The Balaban J connectivity index is 2.38. The van der Waals surface area contributed by atoms with Gasteiger partial charge in [-0.25, -0.2) is 0 Å².